The number of aromatic nitrogens is 2. The molecule has 6 heteroatoms. The molecule has 0 saturated carbocycles. The van der Waals surface area contributed by atoms with Crippen molar-refractivity contribution >= 4 is 0 Å². The lowest BCUT2D eigenvalue weighted by Gasteiger charge is -2.08. The van der Waals surface area contributed by atoms with Gasteiger partial charge in [-0.1, -0.05) is 26.8 Å². The highest BCUT2D eigenvalue weighted by molar-refractivity contribution is 5.11. The molecule has 0 N–H and O–H groups in total. The number of alkyl halides is 3. The molecule has 0 atom stereocenters. The van der Waals surface area contributed by atoms with E-state index in [4.69, 9.17) is 4.74 Å². The minimum atomic E-state index is -4.55. The summed E-state index contributed by atoms with van der Waals surface area (Å²) in [6.07, 6.45) is -0.726. The number of rotatable bonds is 4. The van der Waals surface area contributed by atoms with Crippen molar-refractivity contribution < 1.29 is 17.9 Å². The second-order valence-corrected chi connectivity index (χ2v) is 3.46. The lowest BCUT2D eigenvalue weighted by Crippen LogP contribution is -2.12. The lowest BCUT2D eigenvalue weighted by atomic mass is 10.3. The van der Waals surface area contributed by atoms with Gasteiger partial charge in [0.25, 0.3) is 0 Å². The zero-order chi connectivity index (χ0) is 14.9. The summed E-state index contributed by atoms with van der Waals surface area (Å²) in [7, 11) is 0. The van der Waals surface area contributed by atoms with Crippen LogP contribution in [0.5, 0.6) is 5.88 Å². The third-order valence-corrected chi connectivity index (χ3v) is 1.88. The van der Waals surface area contributed by atoms with Gasteiger partial charge in [0, 0.05) is 12.3 Å². The Bertz CT molecular complexity index is 403. The highest BCUT2D eigenvalue weighted by atomic mass is 19.4. The first kappa shape index (κ1) is 17.4. The van der Waals surface area contributed by atoms with Crippen molar-refractivity contribution in [2.75, 3.05) is 6.61 Å². The van der Waals surface area contributed by atoms with Gasteiger partial charge in [0.2, 0.25) is 11.7 Å². The van der Waals surface area contributed by atoms with Crippen molar-refractivity contribution in [3.63, 3.8) is 0 Å². The highest BCUT2D eigenvalue weighted by Crippen LogP contribution is 2.26. The van der Waals surface area contributed by atoms with Crippen LogP contribution < -0.4 is 4.74 Å². The zero-order valence-corrected chi connectivity index (χ0v) is 11.6. The molecule has 108 valence electrons. The maximum atomic E-state index is 12.3. The molecule has 0 spiro atoms. The number of nitrogens with zero attached hydrogens (tertiary/aromatic N) is 2. The van der Waals surface area contributed by atoms with Gasteiger partial charge in [0.1, 0.15) is 6.61 Å². The summed E-state index contributed by atoms with van der Waals surface area (Å²) in [5, 5.41) is 0. The number of hydrogen-bond donors (Lipinski definition) is 0. The molecule has 1 rings (SSSR count). The van der Waals surface area contributed by atoms with Gasteiger partial charge >= 0.3 is 6.18 Å². The van der Waals surface area contributed by atoms with E-state index in [1.165, 1.54) is 6.07 Å². The van der Waals surface area contributed by atoms with Crippen LogP contribution in [0.1, 0.15) is 39.9 Å². The third kappa shape index (κ3) is 6.79. The van der Waals surface area contributed by atoms with E-state index in [1.54, 1.807) is 0 Å². The summed E-state index contributed by atoms with van der Waals surface area (Å²) in [6.45, 7) is 8.04. The number of hydrogen-bond acceptors (Lipinski definition) is 3. The van der Waals surface area contributed by atoms with Crippen molar-refractivity contribution in [3.8, 4) is 5.88 Å². The first-order valence-corrected chi connectivity index (χ1v) is 6.12. The minimum Gasteiger partial charge on any atom is -0.473 e. The topological polar surface area (TPSA) is 35.0 Å². The predicted octanol–water partition coefficient (Wildman–Crippen LogP) is 4.26. The zero-order valence-electron chi connectivity index (χ0n) is 11.6. The van der Waals surface area contributed by atoms with Gasteiger partial charge in [-0.15, -0.1) is 0 Å². The molecule has 0 aromatic carbocycles. The molecule has 19 heavy (non-hydrogen) atoms. The molecule has 3 nitrogen and oxygen atoms in total. The van der Waals surface area contributed by atoms with E-state index in [2.05, 4.69) is 9.97 Å². The molecule has 0 bridgehead atoms. The Morgan fingerprint density at radius 1 is 1.37 bits per heavy atom. The maximum absolute atomic E-state index is 12.3. The normalized spacial score (nSPS) is 11.6. The van der Waals surface area contributed by atoms with E-state index in [0.29, 0.717) is 0 Å². The molecule has 0 unspecified atom stereocenters. The lowest BCUT2D eigenvalue weighted by molar-refractivity contribution is -0.145. The van der Waals surface area contributed by atoms with Gasteiger partial charge in [-0.05, 0) is 18.9 Å². The minimum absolute atomic E-state index is 0.0730. The molecule has 1 heterocycles. The summed E-state index contributed by atoms with van der Waals surface area (Å²) in [5.74, 6) is -1.26. The monoisotopic (exact) mass is 276 g/mol. The molecular formula is C13H19F3N2O. The molecule has 0 aliphatic carbocycles. The van der Waals surface area contributed by atoms with Crippen LogP contribution in [0.2, 0.25) is 0 Å². The second kappa shape index (κ2) is 8.50. The number of allylic oxidation sites excluding steroid dienone is 1. The van der Waals surface area contributed by atoms with Crippen LogP contribution in [-0.4, -0.2) is 16.6 Å². The molecule has 0 aliphatic rings. The van der Waals surface area contributed by atoms with E-state index in [0.717, 1.165) is 18.2 Å². The van der Waals surface area contributed by atoms with Gasteiger partial charge < -0.3 is 4.74 Å². The Balaban J connectivity index is 0.00000154. The highest BCUT2D eigenvalue weighted by Gasteiger charge is 2.34. The SMILES string of the molecule is CC.CC/C=C(\C)COc1ccnc(C(F)(F)F)n1. The molecule has 0 amide bonds. The van der Waals surface area contributed by atoms with Gasteiger partial charge in [0.05, 0.1) is 0 Å². The van der Waals surface area contributed by atoms with Gasteiger partial charge in [-0.2, -0.15) is 18.2 Å². The van der Waals surface area contributed by atoms with Crippen molar-refractivity contribution in [2.45, 2.75) is 40.3 Å². The average Bonchev–Trinajstić information content (AvgIpc) is 2.38. The van der Waals surface area contributed by atoms with Crippen molar-refractivity contribution in [2.24, 2.45) is 0 Å². The fraction of sp³-hybridized carbons (Fsp3) is 0.538. The molecular weight excluding hydrogens is 257 g/mol. The Morgan fingerprint density at radius 2 is 2.00 bits per heavy atom. The van der Waals surface area contributed by atoms with Gasteiger partial charge in [0.15, 0.2) is 0 Å². The largest absolute Gasteiger partial charge is 0.473 e. The number of ether oxygens (including phenoxy) is 1. The molecule has 1 aromatic heterocycles. The standard InChI is InChI=1S/C11H13F3N2O.C2H6/c1-3-4-8(2)7-17-9-5-6-15-10(16-9)11(12,13)14;1-2/h4-6H,3,7H2,1-2H3;1-2H3/b8-4+;. The Hall–Kier alpha value is -1.59. The van der Waals surface area contributed by atoms with Crippen LogP contribution in [0.3, 0.4) is 0 Å². The van der Waals surface area contributed by atoms with E-state index >= 15 is 0 Å². The van der Waals surface area contributed by atoms with Crippen LogP contribution in [-0.2, 0) is 6.18 Å². The first-order valence-electron chi connectivity index (χ1n) is 6.12. The molecule has 0 fully saturated rings. The maximum Gasteiger partial charge on any atom is 0.451 e. The van der Waals surface area contributed by atoms with Gasteiger partial charge in [-0.25, -0.2) is 4.98 Å². The summed E-state index contributed by atoms with van der Waals surface area (Å²) in [5.41, 5.74) is 0.944. The quantitative estimate of drug-likeness (QED) is 0.771. The third-order valence-electron chi connectivity index (χ3n) is 1.88. The van der Waals surface area contributed by atoms with E-state index in [1.807, 2.05) is 33.8 Å². The van der Waals surface area contributed by atoms with Crippen LogP contribution >= 0.6 is 0 Å². The fourth-order valence-corrected chi connectivity index (χ4v) is 1.15. The van der Waals surface area contributed by atoms with Crippen LogP contribution in [0.25, 0.3) is 0 Å². The van der Waals surface area contributed by atoms with Crippen LogP contribution in [0.15, 0.2) is 23.9 Å². The van der Waals surface area contributed by atoms with E-state index in [-0.39, 0.29) is 12.5 Å². The molecule has 0 radical (unpaired) electrons. The van der Waals surface area contributed by atoms with Crippen LogP contribution in [0, 0.1) is 0 Å². The smallest absolute Gasteiger partial charge is 0.451 e. The van der Waals surface area contributed by atoms with Crippen LogP contribution in [0.4, 0.5) is 13.2 Å². The summed E-state index contributed by atoms with van der Waals surface area (Å²) >= 11 is 0. The second-order valence-electron chi connectivity index (χ2n) is 3.46. The summed E-state index contributed by atoms with van der Waals surface area (Å²) in [6, 6.07) is 1.30. The van der Waals surface area contributed by atoms with E-state index in [9.17, 15) is 13.2 Å². The first-order chi connectivity index (χ1) is 8.93. The summed E-state index contributed by atoms with van der Waals surface area (Å²) < 4.78 is 42.0. The van der Waals surface area contributed by atoms with Crippen molar-refractivity contribution in [3.05, 3.63) is 29.7 Å². The Kier molecular flexibility index (Phi) is 7.79. The summed E-state index contributed by atoms with van der Waals surface area (Å²) in [4.78, 5) is 6.43. The average molecular weight is 276 g/mol. The van der Waals surface area contributed by atoms with Crippen molar-refractivity contribution in [1.82, 2.24) is 9.97 Å². The van der Waals surface area contributed by atoms with Gasteiger partial charge in [-0.3, -0.25) is 0 Å². The Morgan fingerprint density at radius 3 is 2.53 bits per heavy atom. The molecule has 1 aromatic rings. The number of halogens is 3. The predicted molar refractivity (Wildman–Crippen MR) is 67.9 cm³/mol. The van der Waals surface area contributed by atoms with E-state index < -0.39 is 12.0 Å². The van der Waals surface area contributed by atoms with Crippen molar-refractivity contribution in [1.29, 1.82) is 0 Å². The Labute approximate surface area is 111 Å². The molecule has 0 saturated heterocycles. The fourth-order valence-electron chi connectivity index (χ4n) is 1.15. The molecule has 0 aliphatic heterocycles.